The van der Waals surface area contributed by atoms with Gasteiger partial charge in [0.15, 0.2) is 5.65 Å². The summed E-state index contributed by atoms with van der Waals surface area (Å²) in [5.41, 5.74) is 9.83. The number of ketones is 1. The number of nitrogens with two attached hydrogens (primary N) is 1. The number of halogens is 1. The molecule has 1 aliphatic heterocycles. The Bertz CT molecular complexity index is 1580. The normalized spacial score (nSPS) is 14.1. The minimum absolute atomic E-state index is 0.169. The Balaban J connectivity index is 1.29. The van der Waals surface area contributed by atoms with Gasteiger partial charge >= 0.3 is 0 Å². The summed E-state index contributed by atoms with van der Waals surface area (Å²) < 4.78 is 7.99. The van der Waals surface area contributed by atoms with Crippen LogP contribution in [0, 0.1) is 0 Å². The van der Waals surface area contributed by atoms with E-state index in [1.807, 2.05) is 56.7 Å². The van der Waals surface area contributed by atoms with E-state index < -0.39 is 0 Å². The van der Waals surface area contributed by atoms with Crippen LogP contribution in [-0.2, 0) is 17.8 Å². The number of aromatic nitrogens is 4. The number of rotatable bonds is 13. The van der Waals surface area contributed by atoms with Gasteiger partial charge < -0.3 is 25.6 Å². The second-order valence-corrected chi connectivity index (χ2v) is 12.5. The summed E-state index contributed by atoms with van der Waals surface area (Å²) in [6.45, 7) is 7.34. The zero-order chi connectivity index (χ0) is 31.2. The standard InChI is InChI=1S/C33H43ClN8O2/c1-22(2)29-21-37-42-31(29)38-33(41-15-12-25(35)13-16-41)39-32(42)36-20-23-7-5-9-27(17-23)44-28-10-11-30(34)24(19-28)18-26(43)8-6-14-40(3)4/h5,7,9-11,17,19,21-22,25H,6,8,12-16,18,20,35H2,1-4H3,(H,36,38,39). The molecule has 0 unspecified atom stereocenters. The molecule has 0 atom stereocenters. The van der Waals surface area contributed by atoms with Crippen molar-refractivity contribution in [3.63, 3.8) is 0 Å². The third-order valence-corrected chi connectivity index (χ3v) is 8.25. The van der Waals surface area contributed by atoms with Crippen molar-refractivity contribution in [1.29, 1.82) is 0 Å². The summed E-state index contributed by atoms with van der Waals surface area (Å²) in [4.78, 5) is 26.6. The molecule has 1 aliphatic rings. The third kappa shape index (κ3) is 8.05. The number of Topliss-reactive ketones (excluding diaryl/α,β-unsaturated/α-hetero) is 1. The van der Waals surface area contributed by atoms with Gasteiger partial charge in [0.1, 0.15) is 17.3 Å². The Kier molecular flexibility index (Phi) is 10.3. The van der Waals surface area contributed by atoms with Crippen molar-refractivity contribution in [1.82, 2.24) is 24.5 Å². The molecule has 3 N–H and O–H groups in total. The predicted octanol–water partition coefficient (Wildman–Crippen LogP) is 5.69. The van der Waals surface area contributed by atoms with Crippen LogP contribution < -0.4 is 20.7 Å². The van der Waals surface area contributed by atoms with E-state index in [0.29, 0.717) is 47.8 Å². The Morgan fingerprint density at radius 2 is 1.91 bits per heavy atom. The van der Waals surface area contributed by atoms with Crippen molar-refractivity contribution in [2.45, 2.75) is 64.5 Å². The maximum absolute atomic E-state index is 12.5. The molecule has 11 heteroatoms. The topological polar surface area (TPSA) is 114 Å². The summed E-state index contributed by atoms with van der Waals surface area (Å²) in [7, 11) is 4.01. The fourth-order valence-electron chi connectivity index (χ4n) is 5.33. The fourth-order valence-corrected chi connectivity index (χ4v) is 5.51. The van der Waals surface area contributed by atoms with Crippen LogP contribution in [0.25, 0.3) is 5.65 Å². The second kappa shape index (κ2) is 14.4. The number of ether oxygens (including phenoxy) is 1. The van der Waals surface area contributed by atoms with Crippen molar-refractivity contribution >= 4 is 34.9 Å². The SMILES string of the molecule is CC(C)c1cnn2c(NCc3cccc(Oc4ccc(Cl)c(CC(=O)CCCN(C)C)c4)c3)nc(N3CCC(N)CC3)nc12. The lowest BCUT2D eigenvalue weighted by Crippen LogP contribution is -2.40. The Hall–Kier alpha value is -3.73. The number of nitrogens with one attached hydrogen (secondary N) is 1. The third-order valence-electron chi connectivity index (χ3n) is 7.88. The van der Waals surface area contributed by atoms with Crippen LogP contribution in [0.4, 0.5) is 11.9 Å². The predicted molar refractivity (Wildman–Crippen MR) is 176 cm³/mol. The second-order valence-electron chi connectivity index (χ2n) is 12.1. The molecule has 1 saturated heterocycles. The summed E-state index contributed by atoms with van der Waals surface area (Å²) in [5.74, 6) is 3.10. The van der Waals surface area contributed by atoms with E-state index in [4.69, 9.17) is 32.0 Å². The molecular weight excluding hydrogens is 576 g/mol. The van der Waals surface area contributed by atoms with Crippen LogP contribution in [0.1, 0.15) is 62.1 Å². The van der Waals surface area contributed by atoms with Gasteiger partial charge in [-0.3, -0.25) is 4.79 Å². The maximum Gasteiger partial charge on any atom is 0.230 e. The molecule has 0 radical (unpaired) electrons. The molecule has 0 bridgehead atoms. The molecule has 10 nitrogen and oxygen atoms in total. The van der Waals surface area contributed by atoms with E-state index in [0.717, 1.165) is 61.2 Å². The quantitative estimate of drug-likeness (QED) is 0.195. The summed E-state index contributed by atoms with van der Waals surface area (Å²) in [5, 5.41) is 8.66. The van der Waals surface area contributed by atoms with Crippen molar-refractivity contribution in [3.8, 4) is 11.5 Å². The minimum atomic E-state index is 0.169. The molecule has 2 aromatic heterocycles. The Morgan fingerprint density at radius 1 is 1.14 bits per heavy atom. The molecule has 4 aromatic rings. The van der Waals surface area contributed by atoms with E-state index in [1.165, 1.54) is 0 Å². The van der Waals surface area contributed by atoms with Gasteiger partial charge in [-0.25, -0.2) is 0 Å². The van der Waals surface area contributed by atoms with Gasteiger partial charge in [-0.05, 0) is 87.3 Å². The van der Waals surface area contributed by atoms with Gasteiger partial charge in [-0.1, -0.05) is 37.6 Å². The number of nitrogens with zero attached hydrogens (tertiary/aromatic N) is 6. The molecule has 44 heavy (non-hydrogen) atoms. The first-order valence-corrected chi connectivity index (χ1v) is 15.8. The fraction of sp³-hybridized carbons (Fsp3) is 0.455. The van der Waals surface area contributed by atoms with Gasteiger partial charge in [0.2, 0.25) is 11.9 Å². The largest absolute Gasteiger partial charge is 0.457 e. The molecule has 0 amide bonds. The van der Waals surface area contributed by atoms with Gasteiger partial charge in [0.25, 0.3) is 0 Å². The Labute approximate surface area is 264 Å². The van der Waals surface area contributed by atoms with Crippen molar-refractivity contribution in [3.05, 3.63) is 70.4 Å². The first kappa shape index (κ1) is 31.7. The molecule has 2 aromatic carbocycles. The van der Waals surface area contributed by atoms with Gasteiger partial charge in [-0.2, -0.15) is 19.6 Å². The van der Waals surface area contributed by atoms with Crippen molar-refractivity contribution < 1.29 is 9.53 Å². The van der Waals surface area contributed by atoms with Gasteiger partial charge in [0, 0.05) is 49.1 Å². The smallest absolute Gasteiger partial charge is 0.230 e. The van der Waals surface area contributed by atoms with Gasteiger partial charge in [-0.15, -0.1) is 0 Å². The van der Waals surface area contributed by atoms with Crippen LogP contribution >= 0.6 is 11.6 Å². The number of carbonyl (C=O) groups excluding carboxylic acids is 1. The molecule has 3 heterocycles. The van der Waals surface area contributed by atoms with Crippen LogP contribution in [0.2, 0.25) is 5.02 Å². The molecular formula is C33H43ClN8O2. The first-order valence-electron chi connectivity index (χ1n) is 15.4. The number of benzene rings is 2. The lowest BCUT2D eigenvalue weighted by Gasteiger charge is -2.30. The zero-order valence-corrected chi connectivity index (χ0v) is 26.8. The Morgan fingerprint density at radius 3 is 2.66 bits per heavy atom. The minimum Gasteiger partial charge on any atom is -0.457 e. The van der Waals surface area contributed by atoms with Crippen LogP contribution in [0.5, 0.6) is 11.5 Å². The number of piperidine rings is 1. The molecule has 0 aliphatic carbocycles. The first-order chi connectivity index (χ1) is 21.2. The van der Waals surface area contributed by atoms with Gasteiger partial charge in [0.05, 0.1) is 6.20 Å². The summed E-state index contributed by atoms with van der Waals surface area (Å²) in [6, 6.07) is 13.6. The van der Waals surface area contributed by atoms with Crippen molar-refractivity contribution in [2.75, 3.05) is 43.9 Å². The highest BCUT2D eigenvalue weighted by atomic mass is 35.5. The van der Waals surface area contributed by atoms with E-state index in [2.05, 4.69) is 34.1 Å². The highest BCUT2D eigenvalue weighted by molar-refractivity contribution is 6.31. The van der Waals surface area contributed by atoms with Crippen LogP contribution in [0.3, 0.4) is 0 Å². The van der Waals surface area contributed by atoms with Crippen LogP contribution in [-0.4, -0.2) is 70.0 Å². The van der Waals surface area contributed by atoms with Crippen LogP contribution in [0.15, 0.2) is 48.7 Å². The van der Waals surface area contributed by atoms with Crippen molar-refractivity contribution in [2.24, 2.45) is 5.73 Å². The number of hydrogen-bond acceptors (Lipinski definition) is 9. The number of anilines is 2. The lowest BCUT2D eigenvalue weighted by atomic mass is 10.1. The average molecular weight is 619 g/mol. The molecule has 0 spiro atoms. The molecule has 1 fully saturated rings. The van der Waals surface area contributed by atoms with E-state index in [1.54, 1.807) is 10.6 Å². The number of carbonyl (C=O) groups is 1. The average Bonchev–Trinajstić information content (AvgIpc) is 3.43. The summed E-state index contributed by atoms with van der Waals surface area (Å²) in [6.07, 6.45) is 5.36. The summed E-state index contributed by atoms with van der Waals surface area (Å²) >= 11 is 6.43. The monoisotopic (exact) mass is 618 g/mol. The van der Waals surface area contributed by atoms with E-state index in [-0.39, 0.29) is 17.7 Å². The number of fused-ring (bicyclic) bond motifs is 1. The molecule has 234 valence electrons. The highest BCUT2D eigenvalue weighted by Crippen LogP contribution is 2.29. The molecule has 5 rings (SSSR count). The lowest BCUT2D eigenvalue weighted by molar-refractivity contribution is -0.118. The highest BCUT2D eigenvalue weighted by Gasteiger charge is 2.22. The van der Waals surface area contributed by atoms with E-state index >= 15 is 0 Å². The number of hydrogen-bond donors (Lipinski definition) is 2. The molecule has 0 saturated carbocycles. The zero-order valence-electron chi connectivity index (χ0n) is 26.1. The van der Waals surface area contributed by atoms with E-state index in [9.17, 15) is 4.79 Å². The maximum atomic E-state index is 12.5.